The maximum Gasteiger partial charge on any atom is 0.694 e. The molecule has 1 rings (SSSR count). The molecule has 0 radical (unpaired) electrons. The van der Waals surface area contributed by atoms with Crippen molar-refractivity contribution in [3.05, 3.63) is 12.4 Å². The SMILES string of the molecule is CC(C)O[P+](=O)O.CCN1C=CN(C)C1. The number of hydrogen-bond donors (Lipinski definition) is 1. The highest BCUT2D eigenvalue weighted by Gasteiger charge is 2.13. The average molecular weight is 235 g/mol. The Morgan fingerprint density at radius 1 is 1.53 bits per heavy atom. The number of nitrogens with zero attached hydrogens (tertiary/aromatic N) is 2. The van der Waals surface area contributed by atoms with Crippen molar-refractivity contribution < 1.29 is 14.0 Å². The lowest BCUT2D eigenvalue weighted by Crippen LogP contribution is -2.21. The second-order valence-electron chi connectivity index (χ2n) is 3.49. The summed E-state index contributed by atoms with van der Waals surface area (Å²) in [6, 6.07) is 0. The van der Waals surface area contributed by atoms with Gasteiger partial charge in [0.05, 0.1) is 6.67 Å². The van der Waals surface area contributed by atoms with Gasteiger partial charge < -0.3 is 9.80 Å². The van der Waals surface area contributed by atoms with Crippen LogP contribution in [0.4, 0.5) is 0 Å². The van der Waals surface area contributed by atoms with Gasteiger partial charge in [0.2, 0.25) is 0 Å². The van der Waals surface area contributed by atoms with Crippen LogP contribution in [0.5, 0.6) is 0 Å². The first-order chi connectivity index (χ1) is 6.95. The Kier molecular flexibility index (Phi) is 7.30. The van der Waals surface area contributed by atoms with Gasteiger partial charge in [-0.1, -0.05) is 0 Å². The molecule has 0 saturated heterocycles. The predicted octanol–water partition coefficient (Wildman–Crippen LogP) is 1.74. The minimum Gasteiger partial charge on any atom is -0.362 e. The standard InChI is InChI=1S/C6H12N2.C3H7O3P/c1-3-8-5-4-7(2)6-8;1-3(2)6-7(4)5/h4-5H,3,6H2,1-2H3;3H,1-2H3/p+1. The van der Waals surface area contributed by atoms with E-state index in [-0.39, 0.29) is 6.10 Å². The number of hydrogen-bond acceptors (Lipinski definition) is 4. The van der Waals surface area contributed by atoms with Gasteiger partial charge in [-0.15, -0.1) is 9.42 Å². The summed E-state index contributed by atoms with van der Waals surface area (Å²) in [5.74, 6) is 0. The molecule has 0 fully saturated rings. The zero-order valence-electron chi connectivity index (χ0n) is 9.75. The van der Waals surface area contributed by atoms with Gasteiger partial charge in [0, 0.05) is 30.6 Å². The van der Waals surface area contributed by atoms with Gasteiger partial charge in [-0.25, -0.2) is 0 Å². The minimum atomic E-state index is -2.39. The molecule has 0 aromatic heterocycles. The topological polar surface area (TPSA) is 53.0 Å². The van der Waals surface area contributed by atoms with Gasteiger partial charge in [-0.3, -0.25) is 0 Å². The van der Waals surface area contributed by atoms with E-state index in [4.69, 9.17) is 4.89 Å². The highest BCUT2D eigenvalue weighted by Crippen LogP contribution is 2.16. The summed E-state index contributed by atoms with van der Waals surface area (Å²) < 4.78 is 14.1. The molecule has 1 heterocycles. The van der Waals surface area contributed by atoms with E-state index in [1.807, 2.05) is 0 Å². The monoisotopic (exact) mass is 235 g/mol. The summed E-state index contributed by atoms with van der Waals surface area (Å²) in [5, 5.41) is 0. The van der Waals surface area contributed by atoms with E-state index in [1.54, 1.807) is 13.8 Å². The summed E-state index contributed by atoms with van der Waals surface area (Å²) in [6.45, 7) is 7.72. The first-order valence-corrected chi connectivity index (χ1v) is 6.04. The fourth-order valence-electron chi connectivity index (χ4n) is 0.975. The van der Waals surface area contributed by atoms with Gasteiger partial charge in [0.25, 0.3) is 0 Å². The zero-order chi connectivity index (χ0) is 11.8. The fraction of sp³-hybridized carbons (Fsp3) is 0.778. The van der Waals surface area contributed by atoms with Gasteiger partial charge in [-0.2, -0.15) is 0 Å². The molecule has 1 aliphatic heterocycles. The van der Waals surface area contributed by atoms with E-state index in [2.05, 4.69) is 40.7 Å². The molecule has 0 amide bonds. The molecular formula is C9H20N2O3P+. The minimum absolute atomic E-state index is 0.159. The molecule has 1 aliphatic rings. The van der Waals surface area contributed by atoms with E-state index < -0.39 is 8.25 Å². The second kappa shape index (κ2) is 7.63. The highest BCUT2D eigenvalue weighted by molar-refractivity contribution is 7.32. The van der Waals surface area contributed by atoms with Crippen LogP contribution in [0.2, 0.25) is 0 Å². The Balaban J connectivity index is 0.000000265. The third-order valence-corrected chi connectivity index (χ3v) is 2.25. The van der Waals surface area contributed by atoms with Crippen molar-refractivity contribution in [2.45, 2.75) is 26.9 Å². The number of rotatable bonds is 3. The smallest absolute Gasteiger partial charge is 0.362 e. The van der Waals surface area contributed by atoms with E-state index in [9.17, 15) is 4.57 Å². The van der Waals surface area contributed by atoms with Crippen LogP contribution in [0.25, 0.3) is 0 Å². The second-order valence-corrected chi connectivity index (χ2v) is 4.18. The molecule has 1 atom stereocenters. The highest BCUT2D eigenvalue weighted by atomic mass is 31.1. The van der Waals surface area contributed by atoms with Crippen LogP contribution in [-0.4, -0.2) is 41.1 Å². The first-order valence-electron chi connectivity index (χ1n) is 4.91. The summed E-state index contributed by atoms with van der Waals surface area (Å²) in [7, 11) is -0.314. The van der Waals surface area contributed by atoms with Crippen LogP contribution in [0.15, 0.2) is 12.4 Å². The molecule has 0 spiro atoms. The summed E-state index contributed by atoms with van der Waals surface area (Å²) in [6.07, 6.45) is 4.04. The van der Waals surface area contributed by atoms with Crippen LogP contribution >= 0.6 is 8.25 Å². The van der Waals surface area contributed by atoms with Crippen LogP contribution in [0.3, 0.4) is 0 Å². The zero-order valence-corrected chi connectivity index (χ0v) is 10.6. The van der Waals surface area contributed by atoms with Gasteiger partial charge >= 0.3 is 8.25 Å². The van der Waals surface area contributed by atoms with E-state index in [0.29, 0.717) is 0 Å². The normalized spacial score (nSPS) is 15.5. The molecule has 0 aliphatic carbocycles. The Hall–Kier alpha value is -0.640. The van der Waals surface area contributed by atoms with Gasteiger partial charge in [0.15, 0.2) is 0 Å². The Morgan fingerprint density at radius 2 is 2.13 bits per heavy atom. The maximum absolute atomic E-state index is 9.74. The van der Waals surface area contributed by atoms with Crippen molar-refractivity contribution >= 4 is 8.25 Å². The third kappa shape index (κ3) is 8.36. The van der Waals surface area contributed by atoms with Crippen molar-refractivity contribution in [3.8, 4) is 0 Å². The molecule has 0 saturated carbocycles. The lowest BCUT2D eigenvalue weighted by molar-refractivity contribution is 0.222. The van der Waals surface area contributed by atoms with Crippen molar-refractivity contribution in [3.63, 3.8) is 0 Å². The molecule has 88 valence electrons. The Morgan fingerprint density at radius 3 is 2.27 bits per heavy atom. The van der Waals surface area contributed by atoms with E-state index >= 15 is 0 Å². The van der Waals surface area contributed by atoms with Crippen molar-refractivity contribution in [2.75, 3.05) is 20.3 Å². The largest absolute Gasteiger partial charge is 0.694 e. The summed E-state index contributed by atoms with van der Waals surface area (Å²) in [5.41, 5.74) is 0. The van der Waals surface area contributed by atoms with Crippen molar-refractivity contribution in [2.24, 2.45) is 0 Å². The fourth-order valence-corrected chi connectivity index (χ4v) is 1.34. The molecular weight excluding hydrogens is 215 g/mol. The van der Waals surface area contributed by atoms with Gasteiger partial charge in [-0.05, 0) is 20.8 Å². The van der Waals surface area contributed by atoms with E-state index in [0.717, 1.165) is 13.2 Å². The molecule has 0 aromatic rings. The molecule has 0 aromatic carbocycles. The summed E-state index contributed by atoms with van der Waals surface area (Å²) >= 11 is 0. The van der Waals surface area contributed by atoms with Crippen LogP contribution in [-0.2, 0) is 9.09 Å². The molecule has 15 heavy (non-hydrogen) atoms. The Labute approximate surface area is 92.3 Å². The van der Waals surface area contributed by atoms with Gasteiger partial charge in [0.1, 0.15) is 6.10 Å². The summed E-state index contributed by atoms with van der Waals surface area (Å²) in [4.78, 5) is 12.4. The van der Waals surface area contributed by atoms with Crippen LogP contribution in [0, 0.1) is 0 Å². The first kappa shape index (κ1) is 14.4. The molecule has 1 unspecified atom stereocenters. The van der Waals surface area contributed by atoms with Crippen molar-refractivity contribution in [1.82, 2.24) is 9.80 Å². The third-order valence-electron chi connectivity index (χ3n) is 1.64. The quantitative estimate of drug-likeness (QED) is 0.755. The van der Waals surface area contributed by atoms with Crippen molar-refractivity contribution in [1.29, 1.82) is 0 Å². The lowest BCUT2D eigenvalue weighted by Gasteiger charge is -2.14. The molecule has 6 heteroatoms. The lowest BCUT2D eigenvalue weighted by atomic mass is 10.5. The maximum atomic E-state index is 9.74. The van der Waals surface area contributed by atoms with Crippen LogP contribution in [0.1, 0.15) is 20.8 Å². The molecule has 5 nitrogen and oxygen atoms in total. The predicted molar refractivity (Wildman–Crippen MR) is 60.2 cm³/mol. The molecule has 1 N–H and O–H groups in total. The Bertz CT molecular complexity index is 221. The van der Waals surface area contributed by atoms with Crippen LogP contribution < -0.4 is 0 Å². The average Bonchev–Trinajstić information content (AvgIpc) is 2.49. The van der Waals surface area contributed by atoms with E-state index in [1.165, 1.54) is 0 Å². The molecule has 0 bridgehead atoms.